The summed E-state index contributed by atoms with van der Waals surface area (Å²) in [5.41, 5.74) is -1.42. The van der Waals surface area contributed by atoms with Crippen LogP contribution in [0.2, 0.25) is 0 Å². The van der Waals surface area contributed by atoms with Gasteiger partial charge in [0.1, 0.15) is 5.76 Å². The summed E-state index contributed by atoms with van der Waals surface area (Å²) < 4.78 is 28.1. The third kappa shape index (κ3) is 5.10. The molecule has 5 rings (SSSR count). The molecule has 1 fully saturated rings. The summed E-state index contributed by atoms with van der Waals surface area (Å²) in [5, 5.41) is 21.6. The number of fused-ring (bicyclic) bond motifs is 3. The fourth-order valence-corrected chi connectivity index (χ4v) is 6.71. The van der Waals surface area contributed by atoms with Gasteiger partial charge in [-0.2, -0.15) is 0 Å². The Morgan fingerprint density at radius 3 is 2.56 bits per heavy atom. The van der Waals surface area contributed by atoms with Crippen LogP contribution < -0.4 is 9.47 Å². The fraction of sp³-hybridized carbons (Fsp3) is 0.655. The summed E-state index contributed by atoms with van der Waals surface area (Å²) in [4.78, 5) is 28.4. The number of methoxy groups -OCH3 is 2. The maximum atomic E-state index is 13.8. The number of hydrogen-bond donors (Lipinski definition) is 2. The molecular weight excluding hydrogens is 506 g/mol. The highest BCUT2D eigenvalue weighted by Gasteiger charge is 2.59. The highest BCUT2D eigenvalue weighted by atomic mass is 16.7. The lowest BCUT2D eigenvalue weighted by Crippen LogP contribution is -2.49. The van der Waals surface area contributed by atoms with E-state index in [0.29, 0.717) is 30.1 Å². The maximum Gasteiger partial charge on any atom is 0.339 e. The second-order valence-corrected chi connectivity index (χ2v) is 11.7. The fourth-order valence-electron chi connectivity index (χ4n) is 6.71. The van der Waals surface area contributed by atoms with Gasteiger partial charge in [-0.25, -0.2) is 4.79 Å². The molecule has 1 spiro atoms. The van der Waals surface area contributed by atoms with E-state index in [9.17, 15) is 19.8 Å². The molecule has 4 aliphatic rings. The van der Waals surface area contributed by atoms with Gasteiger partial charge in [0.15, 0.2) is 23.2 Å². The predicted molar refractivity (Wildman–Crippen MR) is 139 cm³/mol. The average Bonchev–Trinajstić information content (AvgIpc) is 3.56. The van der Waals surface area contributed by atoms with Crippen LogP contribution in [0.15, 0.2) is 24.0 Å². The third-order valence-corrected chi connectivity index (χ3v) is 8.62. The summed E-state index contributed by atoms with van der Waals surface area (Å²) in [6.45, 7) is 5.21. The van der Waals surface area contributed by atoms with Crippen LogP contribution in [0.3, 0.4) is 0 Å². The van der Waals surface area contributed by atoms with Gasteiger partial charge in [-0.1, -0.05) is 0 Å². The quantitative estimate of drug-likeness (QED) is 0.448. The minimum atomic E-state index is -2.12. The molecule has 2 N–H and O–H groups in total. The van der Waals surface area contributed by atoms with Crippen LogP contribution in [0.4, 0.5) is 0 Å². The molecule has 4 atom stereocenters. The van der Waals surface area contributed by atoms with Crippen molar-refractivity contribution in [3.8, 4) is 11.5 Å². The molecule has 39 heavy (non-hydrogen) atoms. The number of aliphatic hydroxyl groups is 2. The van der Waals surface area contributed by atoms with Crippen molar-refractivity contribution in [1.82, 2.24) is 4.90 Å². The van der Waals surface area contributed by atoms with Crippen molar-refractivity contribution in [3.05, 3.63) is 35.1 Å². The van der Waals surface area contributed by atoms with Gasteiger partial charge in [-0.15, -0.1) is 0 Å². The number of nitrogens with zero attached hydrogens (tertiary/aromatic N) is 1. The summed E-state index contributed by atoms with van der Waals surface area (Å²) in [5.74, 6) is -0.0645. The number of ether oxygens (including phenoxy) is 5. The Balaban J connectivity index is 1.50. The van der Waals surface area contributed by atoms with E-state index in [1.54, 1.807) is 21.0 Å². The molecule has 214 valence electrons. The zero-order valence-electron chi connectivity index (χ0n) is 23.2. The highest BCUT2D eigenvalue weighted by molar-refractivity contribution is 5.86. The molecule has 0 radical (unpaired) electrons. The molecular formula is C29H39NO9. The van der Waals surface area contributed by atoms with Gasteiger partial charge in [0.05, 0.1) is 37.7 Å². The molecule has 1 aliphatic carbocycles. The lowest BCUT2D eigenvalue weighted by Gasteiger charge is -2.39. The van der Waals surface area contributed by atoms with E-state index in [-0.39, 0.29) is 19.1 Å². The molecule has 0 saturated carbocycles. The standard InChI is InChI=1S/C29H39NO9/c1-27(2,33)8-5-10-29(34,16-23(31)36-4)26(32)39-25-22(35-3)15-28-9-6-11-30(28)12-7-18-13-20-21(38-17-37-20)14-19(18)24(25)28/h13-15,24-25,33-34H,5-12,16-17H2,1-4H3/t24-,25-,28+,29?/m1/s1. The second-order valence-electron chi connectivity index (χ2n) is 11.7. The van der Waals surface area contributed by atoms with Gasteiger partial charge in [-0.3, -0.25) is 9.69 Å². The Hall–Kier alpha value is -2.82. The topological polar surface area (TPSA) is 124 Å². The molecule has 1 unspecified atom stereocenters. The summed E-state index contributed by atoms with van der Waals surface area (Å²) in [6.07, 6.45) is 3.94. The van der Waals surface area contributed by atoms with Crippen LogP contribution in [0.1, 0.15) is 69.4 Å². The van der Waals surface area contributed by atoms with Crippen molar-refractivity contribution in [2.24, 2.45) is 0 Å². The van der Waals surface area contributed by atoms with Gasteiger partial charge in [-0.05, 0) is 88.3 Å². The third-order valence-electron chi connectivity index (χ3n) is 8.62. The molecule has 3 heterocycles. The van der Waals surface area contributed by atoms with Crippen LogP contribution in [-0.2, 0) is 30.2 Å². The van der Waals surface area contributed by atoms with Crippen LogP contribution in [0.5, 0.6) is 11.5 Å². The van der Waals surface area contributed by atoms with Crippen LogP contribution in [-0.4, -0.2) is 84.0 Å². The van der Waals surface area contributed by atoms with Crippen LogP contribution in [0, 0.1) is 0 Å². The molecule has 0 aromatic heterocycles. The second kappa shape index (κ2) is 10.3. The van der Waals surface area contributed by atoms with Crippen LogP contribution in [0.25, 0.3) is 0 Å². The molecule has 1 saturated heterocycles. The molecule has 0 bridgehead atoms. The smallest absolute Gasteiger partial charge is 0.339 e. The number of carbonyl (C=O) groups excluding carboxylic acids is 2. The Morgan fingerprint density at radius 2 is 1.87 bits per heavy atom. The summed E-state index contributed by atoms with van der Waals surface area (Å²) in [7, 11) is 2.76. The van der Waals surface area contributed by atoms with E-state index in [4.69, 9.17) is 23.7 Å². The highest BCUT2D eigenvalue weighted by Crippen LogP contribution is 2.55. The molecule has 1 aromatic carbocycles. The van der Waals surface area contributed by atoms with E-state index >= 15 is 0 Å². The van der Waals surface area contributed by atoms with Gasteiger partial charge in [0.2, 0.25) is 6.79 Å². The van der Waals surface area contributed by atoms with E-state index in [0.717, 1.165) is 43.5 Å². The average molecular weight is 546 g/mol. The largest absolute Gasteiger partial charge is 0.497 e. The number of benzene rings is 1. The Kier molecular flexibility index (Phi) is 7.32. The van der Waals surface area contributed by atoms with Gasteiger partial charge < -0.3 is 33.9 Å². The van der Waals surface area contributed by atoms with Gasteiger partial charge >= 0.3 is 11.9 Å². The van der Waals surface area contributed by atoms with Crippen molar-refractivity contribution in [1.29, 1.82) is 0 Å². The van der Waals surface area contributed by atoms with E-state index in [1.807, 2.05) is 12.1 Å². The van der Waals surface area contributed by atoms with Crippen molar-refractivity contribution in [3.63, 3.8) is 0 Å². The Morgan fingerprint density at radius 1 is 1.13 bits per heavy atom. The first-order valence-corrected chi connectivity index (χ1v) is 13.7. The van der Waals surface area contributed by atoms with Crippen molar-refractivity contribution >= 4 is 11.9 Å². The summed E-state index contributed by atoms with van der Waals surface area (Å²) >= 11 is 0. The number of esters is 2. The Labute approximate surface area is 228 Å². The summed E-state index contributed by atoms with van der Waals surface area (Å²) in [6, 6.07) is 4.00. The predicted octanol–water partition coefficient (Wildman–Crippen LogP) is 2.58. The zero-order chi connectivity index (χ0) is 28.0. The van der Waals surface area contributed by atoms with Crippen molar-refractivity contribution in [2.45, 2.75) is 87.6 Å². The van der Waals surface area contributed by atoms with Crippen molar-refractivity contribution in [2.75, 3.05) is 34.1 Å². The Bertz CT molecular complexity index is 1160. The lowest BCUT2D eigenvalue weighted by atomic mass is 9.77. The first kappa shape index (κ1) is 27.7. The van der Waals surface area contributed by atoms with E-state index in [1.165, 1.54) is 7.11 Å². The molecule has 3 aliphatic heterocycles. The SMILES string of the molecule is COC(=O)CC(O)(CCCC(C)(C)O)C(=O)O[C@@H]1C(OC)=C[C@]23CCCN2CCc2cc4c(cc2[C@H]13)OCO4. The minimum absolute atomic E-state index is 0.0686. The van der Waals surface area contributed by atoms with Crippen LogP contribution >= 0.6 is 0 Å². The molecule has 10 heteroatoms. The molecule has 0 amide bonds. The number of hydrogen-bond acceptors (Lipinski definition) is 10. The molecule has 1 aromatic rings. The molecule has 10 nitrogen and oxygen atoms in total. The van der Waals surface area contributed by atoms with E-state index < -0.39 is 41.2 Å². The van der Waals surface area contributed by atoms with Gasteiger partial charge in [0.25, 0.3) is 0 Å². The zero-order valence-corrected chi connectivity index (χ0v) is 23.2. The maximum absolute atomic E-state index is 13.8. The van der Waals surface area contributed by atoms with Gasteiger partial charge in [0, 0.05) is 6.54 Å². The minimum Gasteiger partial charge on any atom is -0.497 e. The number of rotatable bonds is 9. The normalized spacial score (nSPS) is 27.0. The first-order chi connectivity index (χ1) is 18.5. The number of carbonyl (C=O) groups is 2. The lowest BCUT2D eigenvalue weighted by molar-refractivity contribution is -0.178. The first-order valence-electron chi connectivity index (χ1n) is 13.7. The monoisotopic (exact) mass is 545 g/mol. The van der Waals surface area contributed by atoms with E-state index in [2.05, 4.69) is 11.0 Å². The van der Waals surface area contributed by atoms with Crippen molar-refractivity contribution < 1.29 is 43.5 Å².